The molecule has 0 unspecified atom stereocenters. The molecule has 1 aromatic heterocycles. The van der Waals surface area contributed by atoms with Gasteiger partial charge in [0.05, 0.1) is 5.69 Å². The SMILES string of the molecule is COCCCN1CC2(CCC1=O)CCN(Cc1cn(C)nc1C)CC2. The molecule has 3 rings (SSSR count). The van der Waals surface area contributed by atoms with E-state index in [1.165, 1.54) is 18.4 Å². The highest BCUT2D eigenvalue weighted by Crippen LogP contribution is 2.40. The van der Waals surface area contributed by atoms with Crippen LogP contribution in [0, 0.1) is 12.3 Å². The molecule has 0 bridgehead atoms. The molecule has 0 aromatic carbocycles. The Morgan fingerprint density at radius 1 is 1.28 bits per heavy atom. The van der Waals surface area contributed by atoms with Crippen LogP contribution in [0.3, 0.4) is 0 Å². The number of aryl methyl sites for hydroxylation is 2. The number of amides is 1. The van der Waals surface area contributed by atoms with E-state index in [4.69, 9.17) is 4.74 Å². The largest absolute Gasteiger partial charge is 0.385 e. The number of nitrogens with zero attached hydrogens (tertiary/aromatic N) is 4. The second-order valence-electron chi connectivity index (χ2n) is 7.85. The quantitative estimate of drug-likeness (QED) is 0.738. The fourth-order valence-electron chi connectivity index (χ4n) is 4.34. The molecule has 6 nitrogen and oxygen atoms in total. The summed E-state index contributed by atoms with van der Waals surface area (Å²) in [6, 6.07) is 0. The minimum Gasteiger partial charge on any atom is -0.385 e. The lowest BCUT2D eigenvalue weighted by molar-refractivity contribution is -0.139. The summed E-state index contributed by atoms with van der Waals surface area (Å²) < 4.78 is 7.04. The van der Waals surface area contributed by atoms with E-state index in [-0.39, 0.29) is 0 Å². The first-order chi connectivity index (χ1) is 12.0. The van der Waals surface area contributed by atoms with E-state index in [0.29, 0.717) is 17.7 Å². The van der Waals surface area contributed by atoms with Crippen molar-refractivity contribution in [2.24, 2.45) is 12.5 Å². The predicted molar refractivity (Wildman–Crippen MR) is 97.2 cm³/mol. The Balaban J connectivity index is 1.53. The fraction of sp³-hybridized carbons (Fsp3) is 0.789. The van der Waals surface area contributed by atoms with Gasteiger partial charge in [0.2, 0.25) is 5.91 Å². The smallest absolute Gasteiger partial charge is 0.222 e. The molecular formula is C19H32N4O2. The van der Waals surface area contributed by atoms with Gasteiger partial charge >= 0.3 is 0 Å². The van der Waals surface area contributed by atoms with Gasteiger partial charge in [-0.1, -0.05) is 0 Å². The molecule has 2 saturated heterocycles. The second-order valence-corrected chi connectivity index (χ2v) is 7.85. The standard InChI is InChI=1S/C19H32N4O2/c1-16-17(13-21(2)20-16)14-22-10-7-19(8-11-22)6-5-18(24)23(15-19)9-4-12-25-3/h13H,4-12,14-15H2,1-3H3. The maximum Gasteiger partial charge on any atom is 0.222 e. The van der Waals surface area contributed by atoms with E-state index in [0.717, 1.165) is 57.9 Å². The highest BCUT2D eigenvalue weighted by Gasteiger charge is 2.40. The van der Waals surface area contributed by atoms with Crippen molar-refractivity contribution < 1.29 is 9.53 Å². The topological polar surface area (TPSA) is 50.6 Å². The minimum atomic E-state index is 0.329. The van der Waals surface area contributed by atoms with Crippen molar-refractivity contribution >= 4 is 5.91 Å². The molecule has 0 N–H and O–H groups in total. The molecule has 0 aliphatic carbocycles. The molecular weight excluding hydrogens is 316 g/mol. The number of piperidine rings is 2. The Bertz CT molecular complexity index is 590. The second kappa shape index (κ2) is 7.87. The van der Waals surface area contributed by atoms with E-state index in [1.54, 1.807) is 7.11 Å². The van der Waals surface area contributed by atoms with Crippen LogP contribution in [0.15, 0.2) is 6.20 Å². The van der Waals surface area contributed by atoms with Crippen molar-refractivity contribution in [2.75, 3.05) is 39.9 Å². The average molecular weight is 348 g/mol. The lowest BCUT2D eigenvalue weighted by Gasteiger charge is -2.47. The summed E-state index contributed by atoms with van der Waals surface area (Å²) in [5.41, 5.74) is 2.80. The highest BCUT2D eigenvalue weighted by atomic mass is 16.5. The van der Waals surface area contributed by atoms with Crippen LogP contribution < -0.4 is 0 Å². The van der Waals surface area contributed by atoms with E-state index in [2.05, 4.69) is 28.0 Å². The van der Waals surface area contributed by atoms with Gasteiger partial charge in [0.25, 0.3) is 0 Å². The molecule has 1 amide bonds. The zero-order chi connectivity index (χ0) is 17.9. The molecule has 1 aromatic rings. The number of aromatic nitrogens is 2. The van der Waals surface area contributed by atoms with E-state index < -0.39 is 0 Å². The molecule has 0 atom stereocenters. The molecule has 0 saturated carbocycles. The summed E-state index contributed by atoms with van der Waals surface area (Å²) >= 11 is 0. The van der Waals surface area contributed by atoms with Crippen molar-refractivity contribution in [1.82, 2.24) is 19.6 Å². The fourth-order valence-corrected chi connectivity index (χ4v) is 4.34. The van der Waals surface area contributed by atoms with Crippen molar-refractivity contribution in [3.05, 3.63) is 17.5 Å². The van der Waals surface area contributed by atoms with Crippen LogP contribution in [0.4, 0.5) is 0 Å². The summed E-state index contributed by atoms with van der Waals surface area (Å²) in [6.45, 7) is 7.83. The predicted octanol–water partition coefficient (Wildman–Crippen LogP) is 1.97. The van der Waals surface area contributed by atoms with Gasteiger partial charge in [-0.2, -0.15) is 5.10 Å². The monoisotopic (exact) mass is 348 g/mol. The first-order valence-corrected chi connectivity index (χ1v) is 9.49. The van der Waals surface area contributed by atoms with Gasteiger partial charge in [-0.25, -0.2) is 0 Å². The number of hydrogen-bond donors (Lipinski definition) is 0. The Morgan fingerprint density at radius 3 is 2.68 bits per heavy atom. The van der Waals surface area contributed by atoms with Crippen LogP contribution in [0.25, 0.3) is 0 Å². The lowest BCUT2D eigenvalue weighted by atomic mass is 9.72. The molecule has 6 heteroatoms. The molecule has 0 radical (unpaired) electrons. The Kier molecular flexibility index (Phi) is 5.79. The zero-order valence-electron chi connectivity index (χ0n) is 16.0. The van der Waals surface area contributed by atoms with Crippen molar-refractivity contribution in [3.63, 3.8) is 0 Å². The molecule has 2 aliphatic rings. The molecule has 2 fully saturated rings. The number of hydrogen-bond acceptors (Lipinski definition) is 4. The summed E-state index contributed by atoms with van der Waals surface area (Å²) in [5, 5.41) is 4.45. The summed E-state index contributed by atoms with van der Waals surface area (Å²) in [7, 11) is 3.71. The molecule has 3 heterocycles. The third kappa shape index (κ3) is 4.42. The zero-order valence-corrected chi connectivity index (χ0v) is 16.0. The highest BCUT2D eigenvalue weighted by molar-refractivity contribution is 5.77. The van der Waals surface area contributed by atoms with E-state index in [1.807, 2.05) is 11.7 Å². The maximum atomic E-state index is 12.2. The van der Waals surface area contributed by atoms with Crippen molar-refractivity contribution in [3.8, 4) is 0 Å². The Hall–Kier alpha value is -1.40. The van der Waals surface area contributed by atoms with Crippen LogP contribution in [0.5, 0.6) is 0 Å². The third-order valence-electron chi connectivity index (χ3n) is 5.95. The Morgan fingerprint density at radius 2 is 2.04 bits per heavy atom. The number of carbonyl (C=O) groups is 1. The van der Waals surface area contributed by atoms with Gasteiger partial charge in [-0.3, -0.25) is 14.4 Å². The minimum absolute atomic E-state index is 0.329. The number of carbonyl (C=O) groups excluding carboxylic acids is 1. The molecule has 2 aliphatic heterocycles. The normalized spacial score (nSPS) is 21.2. The van der Waals surface area contributed by atoms with Crippen LogP contribution in [0.2, 0.25) is 0 Å². The van der Waals surface area contributed by atoms with Crippen molar-refractivity contribution in [1.29, 1.82) is 0 Å². The summed E-state index contributed by atoms with van der Waals surface area (Å²) in [5.74, 6) is 0.329. The van der Waals surface area contributed by atoms with Gasteiger partial charge in [0.15, 0.2) is 0 Å². The molecule has 1 spiro atoms. The summed E-state index contributed by atoms with van der Waals surface area (Å²) in [4.78, 5) is 16.9. The van der Waals surface area contributed by atoms with Crippen LogP contribution >= 0.6 is 0 Å². The number of ether oxygens (including phenoxy) is 1. The van der Waals surface area contributed by atoms with Gasteiger partial charge in [-0.15, -0.1) is 0 Å². The van der Waals surface area contributed by atoms with Crippen LogP contribution in [-0.4, -0.2) is 65.4 Å². The summed E-state index contributed by atoms with van der Waals surface area (Å²) in [6.07, 6.45) is 7.24. The van der Waals surface area contributed by atoms with Crippen molar-refractivity contribution in [2.45, 2.75) is 45.6 Å². The number of methoxy groups -OCH3 is 1. The third-order valence-corrected chi connectivity index (χ3v) is 5.95. The Labute approximate surface area is 151 Å². The molecule has 25 heavy (non-hydrogen) atoms. The maximum absolute atomic E-state index is 12.2. The van der Waals surface area contributed by atoms with Crippen LogP contribution in [-0.2, 0) is 23.1 Å². The van der Waals surface area contributed by atoms with Gasteiger partial charge < -0.3 is 9.64 Å². The number of rotatable bonds is 6. The van der Waals surface area contributed by atoms with E-state index >= 15 is 0 Å². The van der Waals surface area contributed by atoms with Gasteiger partial charge in [-0.05, 0) is 51.1 Å². The van der Waals surface area contributed by atoms with E-state index in [9.17, 15) is 4.79 Å². The first-order valence-electron chi connectivity index (χ1n) is 9.49. The average Bonchev–Trinajstić information content (AvgIpc) is 2.91. The number of likely N-dealkylation sites (tertiary alicyclic amines) is 2. The van der Waals surface area contributed by atoms with Crippen LogP contribution in [0.1, 0.15) is 43.4 Å². The first kappa shape index (κ1) is 18.4. The van der Waals surface area contributed by atoms with Gasteiger partial charge in [0, 0.05) is 58.6 Å². The molecule has 140 valence electrons. The lowest BCUT2D eigenvalue weighted by Crippen LogP contribution is -2.51. The van der Waals surface area contributed by atoms with Gasteiger partial charge in [0.1, 0.15) is 0 Å².